The maximum absolute atomic E-state index is 9.38. The quantitative estimate of drug-likeness (QED) is 0.882. The monoisotopic (exact) mass is 298 g/mol. The average molecular weight is 298 g/mol. The Labute approximate surface area is 131 Å². The minimum atomic E-state index is 0.138. The van der Waals surface area contributed by atoms with Crippen molar-refractivity contribution in [3.05, 3.63) is 59.7 Å². The van der Waals surface area contributed by atoms with E-state index in [1.54, 1.807) is 24.3 Å². The number of rotatable bonds is 4. The number of phenolic OH excluding ortho intramolecular Hbond substituents is 2. The van der Waals surface area contributed by atoms with Crippen molar-refractivity contribution in [1.29, 1.82) is 0 Å². The van der Waals surface area contributed by atoms with Crippen LogP contribution in [0.1, 0.15) is 42.9 Å². The summed E-state index contributed by atoms with van der Waals surface area (Å²) >= 11 is 0. The molecule has 3 rings (SSSR count). The summed E-state index contributed by atoms with van der Waals surface area (Å²) in [6.07, 6.45) is 5.70. The fourth-order valence-electron chi connectivity index (χ4n) is 3.04. The molecular weight excluding hydrogens is 276 g/mol. The molecule has 2 N–H and O–H groups in total. The van der Waals surface area contributed by atoms with Gasteiger partial charge in [-0.25, -0.2) is 0 Å². The molecule has 0 aromatic heterocycles. The highest BCUT2D eigenvalue weighted by atomic mass is 16.5. The lowest BCUT2D eigenvalue weighted by Crippen LogP contribution is -2.23. The van der Waals surface area contributed by atoms with Gasteiger partial charge in [0.15, 0.2) is 0 Å². The van der Waals surface area contributed by atoms with Crippen molar-refractivity contribution in [2.24, 2.45) is 0 Å². The number of benzene rings is 2. The van der Waals surface area contributed by atoms with Crippen molar-refractivity contribution in [3.63, 3.8) is 0 Å². The normalized spacial score (nSPS) is 21.6. The third-order valence-electron chi connectivity index (χ3n) is 4.31. The molecule has 0 aliphatic carbocycles. The summed E-state index contributed by atoms with van der Waals surface area (Å²) in [4.78, 5) is 0. The zero-order valence-electron chi connectivity index (χ0n) is 12.6. The molecule has 1 aliphatic rings. The molecule has 1 saturated heterocycles. The second-order valence-corrected chi connectivity index (χ2v) is 5.97. The summed E-state index contributed by atoms with van der Waals surface area (Å²) in [5, 5.41) is 18.7. The summed E-state index contributed by atoms with van der Waals surface area (Å²) in [7, 11) is 0. The lowest BCUT2D eigenvalue weighted by atomic mass is 9.95. The zero-order valence-corrected chi connectivity index (χ0v) is 12.6. The predicted molar refractivity (Wildman–Crippen MR) is 86.0 cm³/mol. The molecule has 1 aliphatic heterocycles. The van der Waals surface area contributed by atoms with Gasteiger partial charge in [0.05, 0.1) is 12.2 Å². The van der Waals surface area contributed by atoms with Crippen LogP contribution in [0.5, 0.6) is 11.5 Å². The van der Waals surface area contributed by atoms with E-state index in [4.69, 9.17) is 4.74 Å². The van der Waals surface area contributed by atoms with E-state index in [-0.39, 0.29) is 12.2 Å². The van der Waals surface area contributed by atoms with Crippen LogP contribution in [-0.2, 0) is 11.2 Å². The molecule has 0 unspecified atom stereocenters. The minimum Gasteiger partial charge on any atom is -0.508 e. The molecule has 1 fully saturated rings. The summed E-state index contributed by atoms with van der Waals surface area (Å²) in [6.45, 7) is 0. The number of ether oxygens (including phenoxy) is 1. The van der Waals surface area contributed by atoms with Gasteiger partial charge in [-0.15, -0.1) is 0 Å². The van der Waals surface area contributed by atoms with Crippen LogP contribution < -0.4 is 0 Å². The van der Waals surface area contributed by atoms with Gasteiger partial charge in [0, 0.05) is 0 Å². The Bertz CT molecular complexity index is 589. The fourth-order valence-corrected chi connectivity index (χ4v) is 3.04. The van der Waals surface area contributed by atoms with E-state index >= 15 is 0 Å². The molecule has 1 heterocycles. The van der Waals surface area contributed by atoms with E-state index in [0.717, 1.165) is 31.2 Å². The molecule has 0 amide bonds. The molecule has 0 bridgehead atoms. The van der Waals surface area contributed by atoms with Crippen LogP contribution in [-0.4, -0.2) is 16.3 Å². The molecule has 2 aromatic rings. The first kappa shape index (κ1) is 14.9. The number of hydrogen-bond donors (Lipinski definition) is 2. The molecule has 2 aromatic carbocycles. The Morgan fingerprint density at radius 2 is 1.50 bits per heavy atom. The average Bonchev–Trinajstić information content (AvgIpc) is 2.55. The largest absolute Gasteiger partial charge is 0.508 e. The van der Waals surface area contributed by atoms with Crippen LogP contribution in [0.3, 0.4) is 0 Å². The van der Waals surface area contributed by atoms with Crippen molar-refractivity contribution < 1.29 is 14.9 Å². The number of phenols is 2. The van der Waals surface area contributed by atoms with Gasteiger partial charge in [0.1, 0.15) is 11.5 Å². The van der Waals surface area contributed by atoms with Gasteiger partial charge < -0.3 is 14.9 Å². The Morgan fingerprint density at radius 3 is 2.18 bits per heavy atom. The molecule has 116 valence electrons. The zero-order chi connectivity index (χ0) is 15.4. The molecular formula is C19H22O3. The van der Waals surface area contributed by atoms with E-state index < -0.39 is 0 Å². The summed E-state index contributed by atoms with van der Waals surface area (Å²) in [5.74, 6) is 0.605. The maximum atomic E-state index is 9.38. The summed E-state index contributed by atoms with van der Waals surface area (Å²) < 4.78 is 6.23. The molecule has 3 heteroatoms. The highest BCUT2D eigenvalue weighted by Gasteiger charge is 2.23. The van der Waals surface area contributed by atoms with Gasteiger partial charge in [0.25, 0.3) is 0 Å². The smallest absolute Gasteiger partial charge is 0.115 e. The van der Waals surface area contributed by atoms with Gasteiger partial charge in [-0.05, 0) is 67.5 Å². The Hall–Kier alpha value is -2.00. The van der Waals surface area contributed by atoms with Gasteiger partial charge in [-0.1, -0.05) is 24.3 Å². The molecule has 3 nitrogen and oxygen atoms in total. The fraction of sp³-hybridized carbons (Fsp3) is 0.368. The number of aryl methyl sites for hydroxylation is 1. The van der Waals surface area contributed by atoms with Gasteiger partial charge in [0.2, 0.25) is 0 Å². The highest BCUT2D eigenvalue weighted by molar-refractivity contribution is 5.28. The van der Waals surface area contributed by atoms with Crippen LogP contribution >= 0.6 is 0 Å². The topological polar surface area (TPSA) is 49.7 Å². The first-order valence-corrected chi connectivity index (χ1v) is 7.93. The van der Waals surface area contributed by atoms with Crippen molar-refractivity contribution in [1.82, 2.24) is 0 Å². The third kappa shape index (κ3) is 3.80. The Morgan fingerprint density at radius 1 is 0.864 bits per heavy atom. The van der Waals surface area contributed by atoms with Crippen molar-refractivity contribution >= 4 is 0 Å². The third-order valence-corrected chi connectivity index (χ3v) is 4.31. The SMILES string of the molecule is Oc1ccc(CC[C@@H]2CCC[C@H](c3ccc(O)cc3)O2)cc1. The van der Waals surface area contributed by atoms with E-state index in [0.29, 0.717) is 11.5 Å². The van der Waals surface area contributed by atoms with Crippen molar-refractivity contribution in [2.75, 3.05) is 0 Å². The molecule has 0 saturated carbocycles. The Kier molecular flexibility index (Phi) is 4.64. The van der Waals surface area contributed by atoms with E-state index in [2.05, 4.69) is 0 Å². The summed E-state index contributed by atoms with van der Waals surface area (Å²) in [5.41, 5.74) is 2.38. The first-order chi connectivity index (χ1) is 10.7. The van der Waals surface area contributed by atoms with Crippen molar-refractivity contribution in [2.45, 2.75) is 44.3 Å². The van der Waals surface area contributed by atoms with Gasteiger partial charge in [-0.3, -0.25) is 0 Å². The van der Waals surface area contributed by atoms with Gasteiger partial charge >= 0.3 is 0 Å². The predicted octanol–water partition coefficient (Wildman–Crippen LogP) is 4.34. The van der Waals surface area contributed by atoms with Gasteiger partial charge in [-0.2, -0.15) is 0 Å². The van der Waals surface area contributed by atoms with E-state index in [1.165, 1.54) is 12.0 Å². The summed E-state index contributed by atoms with van der Waals surface area (Å²) in [6, 6.07) is 14.7. The number of aromatic hydroxyl groups is 2. The van der Waals surface area contributed by atoms with E-state index in [9.17, 15) is 10.2 Å². The maximum Gasteiger partial charge on any atom is 0.115 e. The lowest BCUT2D eigenvalue weighted by Gasteiger charge is -2.30. The highest BCUT2D eigenvalue weighted by Crippen LogP contribution is 2.33. The second kappa shape index (κ2) is 6.84. The standard InChI is InChI=1S/C19H22O3/c20-16-9-4-14(5-10-16)6-13-18-2-1-3-19(22-18)15-7-11-17(21)12-8-15/h4-5,7-12,18-21H,1-3,6,13H2/t18-,19+/m0/s1. The van der Waals surface area contributed by atoms with Crippen LogP contribution in [0.25, 0.3) is 0 Å². The lowest BCUT2D eigenvalue weighted by molar-refractivity contribution is -0.0546. The molecule has 2 atom stereocenters. The molecule has 0 radical (unpaired) electrons. The van der Waals surface area contributed by atoms with Crippen LogP contribution in [0, 0.1) is 0 Å². The van der Waals surface area contributed by atoms with Crippen LogP contribution in [0.4, 0.5) is 0 Å². The molecule has 0 spiro atoms. The number of hydrogen-bond acceptors (Lipinski definition) is 3. The van der Waals surface area contributed by atoms with Crippen LogP contribution in [0.15, 0.2) is 48.5 Å². The van der Waals surface area contributed by atoms with Crippen LogP contribution in [0.2, 0.25) is 0 Å². The molecule has 22 heavy (non-hydrogen) atoms. The Balaban J connectivity index is 1.56. The second-order valence-electron chi connectivity index (χ2n) is 5.97. The van der Waals surface area contributed by atoms with Crippen molar-refractivity contribution in [3.8, 4) is 11.5 Å². The van der Waals surface area contributed by atoms with E-state index in [1.807, 2.05) is 24.3 Å². The minimum absolute atomic E-state index is 0.138. The first-order valence-electron chi connectivity index (χ1n) is 7.93.